The Hall–Kier alpha value is -2.50. The normalized spacial score (nSPS) is 32.5. The van der Waals surface area contributed by atoms with Gasteiger partial charge in [-0.3, -0.25) is 19.7 Å². The van der Waals surface area contributed by atoms with E-state index in [1.165, 1.54) is 18.2 Å². The van der Waals surface area contributed by atoms with Crippen molar-refractivity contribution >= 4 is 23.2 Å². The predicted molar refractivity (Wildman–Crippen MR) is 77.9 cm³/mol. The number of imide groups is 1. The van der Waals surface area contributed by atoms with Gasteiger partial charge in [0.1, 0.15) is 5.69 Å². The van der Waals surface area contributed by atoms with Gasteiger partial charge in [-0.2, -0.15) is 0 Å². The first-order valence-corrected chi connectivity index (χ1v) is 7.39. The molecule has 1 aromatic rings. The van der Waals surface area contributed by atoms with Crippen LogP contribution in [0.4, 0.5) is 11.4 Å². The number of carbonyl (C=O) groups is 2. The highest BCUT2D eigenvalue weighted by molar-refractivity contribution is 6.23. The minimum absolute atomic E-state index is 0.0826. The van der Waals surface area contributed by atoms with E-state index < -0.39 is 4.92 Å². The third kappa shape index (κ3) is 1.60. The van der Waals surface area contributed by atoms with E-state index in [4.69, 9.17) is 0 Å². The van der Waals surface area contributed by atoms with Gasteiger partial charge < -0.3 is 0 Å². The Morgan fingerprint density at radius 2 is 1.55 bits per heavy atom. The fraction of sp³-hybridized carbons (Fsp3) is 0.375. The summed E-state index contributed by atoms with van der Waals surface area (Å²) in [6.45, 7) is 0. The number of anilines is 1. The van der Waals surface area contributed by atoms with E-state index in [2.05, 4.69) is 0 Å². The van der Waals surface area contributed by atoms with Crippen molar-refractivity contribution in [2.45, 2.75) is 12.8 Å². The van der Waals surface area contributed by atoms with Gasteiger partial charge >= 0.3 is 0 Å². The molecule has 22 heavy (non-hydrogen) atoms. The van der Waals surface area contributed by atoms with E-state index in [1.54, 1.807) is 6.07 Å². The molecule has 6 nitrogen and oxygen atoms in total. The van der Waals surface area contributed by atoms with Crippen LogP contribution in [0.15, 0.2) is 36.4 Å². The Kier molecular flexibility index (Phi) is 2.69. The van der Waals surface area contributed by atoms with Gasteiger partial charge in [0.25, 0.3) is 5.69 Å². The number of para-hydroxylation sites is 2. The maximum atomic E-state index is 12.8. The highest BCUT2D eigenvalue weighted by Crippen LogP contribution is 2.51. The van der Waals surface area contributed by atoms with Crippen LogP contribution in [-0.2, 0) is 9.59 Å². The summed E-state index contributed by atoms with van der Waals surface area (Å²) in [6, 6.07) is 5.94. The van der Waals surface area contributed by atoms with Crippen LogP contribution in [0.3, 0.4) is 0 Å². The predicted octanol–water partition coefficient (Wildman–Crippen LogP) is 2.30. The zero-order valence-electron chi connectivity index (χ0n) is 11.7. The lowest BCUT2D eigenvalue weighted by atomic mass is 9.63. The molecule has 1 heterocycles. The van der Waals surface area contributed by atoms with Gasteiger partial charge in [0, 0.05) is 6.07 Å². The van der Waals surface area contributed by atoms with Gasteiger partial charge in [-0.25, -0.2) is 4.90 Å². The Balaban J connectivity index is 1.81. The van der Waals surface area contributed by atoms with Crippen molar-refractivity contribution in [3.63, 3.8) is 0 Å². The molecule has 0 spiro atoms. The highest BCUT2D eigenvalue weighted by Gasteiger charge is 2.57. The average molecular weight is 298 g/mol. The number of nitro groups is 1. The molecule has 4 atom stereocenters. The van der Waals surface area contributed by atoms with Crippen LogP contribution in [0, 0.1) is 33.8 Å². The highest BCUT2D eigenvalue weighted by atomic mass is 16.6. The Morgan fingerprint density at radius 3 is 2.05 bits per heavy atom. The minimum atomic E-state index is -0.551. The number of rotatable bonds is 2. The minimum Gasteiger partial charge on any atom is -0.274 e. The number of hydrogen-bond acceptors (Lipinski definition) is 4. The Morgan fingerprint density at radius 1 is 1.00 bits per heavy atom. The second-order valence-corrected chi connectivity index (χ2v) is 6.10. The van der Waals surface area contributed by atoms with Gasteiger partial charge in [0.2, 0.25) is 11.8 Å². The van der Waals surface area contributed by atoms with Crippen molar-refractivity contribution in [1.29, 1.82) is 0 Å². The largest absolute Gasteiger partial charge is 0.293 e. The van der Waals surface area contributed by atoms with Crippen LogP contribution in [0.2, 0.25) is 0 Å². The van der Waals surface area contributed by atoms with Crippen LogP contribution >= 0.6 is 0 Å². The van der Waals surface area contributed by atoms with Crippen LogP contribution in [0.1, 0.15) is 12.8 Å². The van der Waals surface area contributed by atoms with Crippen molar-refractivity contribution in [3.8, 4) is 0 Å². The number of nitro benzene ring substituents is 1. The average Bonchev–Trinajstić information content (AvgIpc) is 2.82. The summed E-state index contributed by atoms with van der Waals surface area (Å²) < 4.78 is 0. The molecule has 0 unspecified atom stereocenters. The maximum Gasteiger partial charge on any atom is 0.293 e. The number of amides is 2. The SMILES string of the molecule is O=C1[C@@H]2[C@@H](C(=O)N1c1ccccc1[N+](=O)[O-])[C@H]1C=C[C@@H]2CC1. The monoisotopic (exact) mass is 298 g/mol. The summed E-state index contributed by atoms with van der Waals surface area (Å²) >= 11 is 0. The molecule has 112 valence electrons. The molecule has 2 amide bonds. The van der Waals surface area contributed by atoms with Crippen LogP contribution in [0.25, 0.3) is 0 Å². The van der Waals surface area contributed by atoms with E-state index in [-0.39, 0.29) is 46.9 Å². The Bertz CT molecular complexity index is 695. The molecule has 1 saturated carbocycles. The van der Waals surface area contributed by atoms with Gasteiger partial charge in [0.05, 0.1) is 16.8 Å². The fourth-order valence-corrected chi connectivity index (χ4v) is 4.12. The molecule has 1 aromatic carbocycles. The van der Waals surface area contributed by atoms with Crippen molar-refractivity contribution in [2.24, 2.45) is 23.7 Å². The number of fused-ring (bicyclic) bond motifs is 1. The topological polar surface area (TPSA) is 80.5 Å². The van der Waals surface area contributed by atoms with Gasteiger partial charge in [-0.1, -0.05) is 24.3 Å². The lowest BCUT2D eigenvalue weighted by Gasteiger charge is -2.38. The second-order valence-electron chi connectivity index (χ2n) is 6.10. The molecule has 0 aromatic heterocycles. The molecular weight excluding hydrogens is 284 g/mol. The summed E-state index contributed by atoms with van der Waals surface area (Å²) in [7, 11) is 0. The standard InChI is InChI=1S/C16H14N2O4/c19-15-13-9-5-6-10(8-7-9)14(13)16(20)17(15)11-3-1-2-4-12(11)18(21)22/h1-6,9-10,13-14H,7-8H2/t9-,10+,13-,14-/m0/s1. The quantitative estimate of drug-likeness (QED) is 0.363. The number of nitrogens with zero attached hydrogens (tertiary/aromatic N) is 2. The molecule has 2 bridgehead atoms. The molecule has 6 heteroatoms. The van der Waals surface area contributed by atoms with Gasteiger partial charge in [-0.15, -0.1) is 0 Å². The Labute approximate surface area is 126 Å². The van der Waals surface area contributed by atoms with Crippen LogP contribution in [0.5, 0.6) is 0 Å². The first-order valence-electron chi connectivity index (χ1n) is 7.39. The number of carbonyl (C=O) groups excluding carboxylic acids is 2. The summed E-state index contributed by atoms with van der Waals surface area (Å²) in [5, 5.41) is 11.2. The molecule has 4 aliphatic rings. The van der Waals surface area contributed by atoms with Crippen LogP contribution < -0.4 is 4.90 Å². The summed E-state index contributed by atoms with van der Waals surface area (Å²) in [6.07, 6.45) is 5.88. The van der Waals surface area contributed by atoms with Crippen molar-refractivity contribution in [2.75, 3.05) is 4.90 Å². The third-order valence-corrected chi connectivity index (χ3v) is 5.08. The zero-order valence-corrected chi connectivity index (χ0v) is 11.7. The molecule has 1 aliphatic heterocycles. The van der Waals surface area contributed by atoms with E-state index >= 15 is 0 Å². The van der Waals surface area contributed by atoms with E-state index in [0.717, 1.165) is 17.7 Å². The second kappa shape index (κ2) is 4.50. The van der Waals surface area contributed by atoms with Crippen molar-refractivity contribution in [1.82, 2.24) is 0 Å². The third-order valence-electron chi connectivity index (χ3n) is 5.08. The maximum absolute atomic E-state index is 12.8. The molecule has 0 N–H and O–H groups in total. The summed E-state index contributed by atoms with van der Waals surface area (Å²) in [4.78, 5) is 37.2. The van der Waals surface area contributed by atoms with Gasteiger partial charge in [0.15, 0.2) is 0 Å². The smallest absolute Gasteiger partial charge is 0.274 e. The number of benzene rings is 1. The molecule has 0 radical (unpaired) electrons. The molecular formula is C16H14N2O4. The molecule has 3 aliphatic carbocycles. The number of allylic oxidation sites excluding steroid dienone is 2. The van der Waals surface area contributed by atoms with Crippen LogP contribution in [-0.4, -0.2) is 16.7 Å². The van der Waals surface area contributed by atoms with Crippen molar-refractivity contribution in [3.05, 3.63) is 46.5 Å². The molecule has 1 saturated heterocycles. The van der Waals surface area contributed by atoms with E-state index in [0.29, 0.717) is 0 Å². The summed E-state index contributed by atoms with van der Waals surface area (Å²) in [5.74, 6) is -1.11. The lowest BCUT2D eigenvalue weighted by Crippen LogP contribution is -2.38. The van der Waals surface area contributed by atoms with Gasteiger partial charge in [-0.05, 0) is 30.7 Å². The van der Waals surface area contributed by atoms with E-state index in [9.17, 15) is 19.7 Å². The van der Waals surface area contributed by atoms with E-state index in [1.807, 2.05) is 12.2 Å². The first kappa shape index (κ1) is 13.2. The zero-order chi connectivity index (χ0) is 15.4. The molecule has 2 fully saturated rings. The number of hydrogen-bond donors (Lipinski definition) is 0. The first-order chi connectivity index (χ1) is 10.6. The van der Waals surface area contributed by atoms with Crippen molar-refractivity contribution < 1.29 is 14.5 Å². The summed E-state index contributed by atoms with van der Waals surface area (Å²) in [5.41, 5.74) is -0.112. The fourth-order valence-electron chi connectivity index (χ4n) is 4.12. The molecule has 5 rings (SSSR count). The lowest BCUT2D eigenvalue weighted by molar-refractivity contribution is -0.384.